The molecule has 3 rings (SSSR count). The Bertz CT molecular complexity index is 712. The van der Waals surface area contributed by atoms with Crippen LogP contribution in [0.15, 0.2) is 48.5 Å². The van der Waals surface area contributed by atoms with E-state index in [-0.39, 0.29) is 11.1 Å². The van der Waals surface area contributed by atoms with Crippen molar-refractivity contribution in [2.45, 2.75) is 37.4 Å². The maximum atomic E-state index is 13.6. The van der Waals surface area contributed by atoms with Crippen LogP contribution in [0.1, 0.15) is 22.3 Å². The SMILES string of the molecule is Cc1ccc(C2(c3ccc(C)cc3)OC2(C(F)(F)F)C(F)(F)F)cc1. The van der Waals surface area contributed by atoms with Crippen LogP contribution < -0.4 is 0 Å². The van der Waals surface area contributed by atoms with Crippen LogP contribution in [0.5, 0.6) is 0 Å². The van der Waals surface area contributed by atoms with Gasteiger partial charge in [-0.3, -0.25) is 0 Å². The maximum absolute atomic E-state index is 13.6. The summed E-state index contributed by atoms with van der Waals surface area (Å²) in [5.41, 5.74) is -5.85. The molecule has 0 spiro atoms. The van der Waals surface area contributed by atoms with E-state index in [0.717, 1.165) is 0 Å². The first-order valence-corrected chi connectivity index (χ1v) is 7.43. The second-order valence-corrected chi connectivity index (χ2v) is 6.19. The summed E-state index contributed by atoms with van der Waals surface area (Å²) in [5, 5.41) is 0. The van der Waals surface area contributed by atoms with E-state index in [4.69, 9.17) is 0 Å². The van der Waals surface area contributed by atoms with Gasteiger partial charge >= 0.3 is 12.4 Å². The van der Waals surface area contributed by atoms with Gasteiger partial charge in [-0.1, -0.05) is 59.7 Å². The highest BCUT2D eigenvalue weighted by Crippen LogP contribution is 2.72. The first kappa shape index (κ1) is 17.8. The van der Waals surface area contributed by atoms with E-state index >= 15 is 0 Å². The Morgan fingerprint density at radius 1 is 0.640 bits per heavy atom. The second-order valence-electron chi connectivity index (χ2n) is 6.19. The fourth-order valence-electron chi connectivity index (χ4n) is 3.15. The molecular weight excluding hydrogens is 346 g/mol. The standard InChI is InChI=1S/C18H14F6O/c1-11-3-7-13(8-4-11)15(14-9-5-12(2)6-10-14)16(25-15,17(19,20)21)18(22,23)24/h3-10H,1-2H3. The van der Waals surface area contributed by atoms with Crippen LogP contribution in [0.2, 0.25) is 0 Å². The molecule has 1 aliphatic rings. The molecule has 2 aromatic rings. The third-order valence-corrected chi connectivity index (χ3v) is 4.47. The molecule has 1 saturated heterocycles. The van der Waals surface area contributed by atoms with Crippen molar-refractivity contribution >= 4 is 0 Å². The molecule has 0 atom stereocenters. The van der Waals surface area contributed by atoms with Gasteiger partial charge < -0.3 is 4.74 Å². The zero-order valence-electron chi connectivity index (χ0n) is 13.3. The van der Waals surface area contributed by atoms with Gasteiger partial charge in [-0.05, 0) is 25.0 Å². The number of alkyl halides is 6. The molecule has 0 aromatic heterocycles. The quantitative estimate of drug-likeness (QED) is 0.513. The van der Waals surface area contributed by atoms with E-state index < -0.39 is 23.6 Å². The molecule has 0 aliphatic carbocycles. The van der Waals surface area contributed by atoms with Crippen molar-refractivity contribution in [2.24, 2.45) is 0 Å². The highest BCUT2D eigenvalue weighted by Gasteiger charge is 2.94. The topological polar surface area (TPSA) is 12.5 Å². The molecule has 0 bridgehead atoms. The molecular formula is C18H14F6O. The minimum absolute atomic E-state index is 0.184. The van der Waals surface area contributed by atoms with Gasteiger partial charge in [0, 0.05) is 0 Å². The van der Waals surface area contributed by atoms with E-state index in [0.29, 0.717) is 11.1 Å². The molecule has 0 saturated carbocycles. The second kappa shape index (κ2) is 5.24. The Hall–Kier alpha value is -2.02. The Labute approximate surface area is 140 Å². The number of ether oxygens (including phenoxy) is 1. The van der Waals surface area contributed by atoms with E-state index in [1.807, 2.05) is 0 Å². The first-order chi connectivity index (χ1) is 11.5. The summed E-state index contributed by atoms with van der Waals surface area (Å²) >= 11 is 0. The van der Waals surface area contributed by atoms with Gasteiger partial charge in [0.15, 0.2) is 5.60 Å². The number of hydrogen-bond donors (Lipinski definition) is 0. The smallest absolute Gasteiger partial charge is 0.335 e. The van der Waals surface area contributed by atoms with Gasteiger partial charge in [-0.15, -0.1) is 0 Å². The average Bonchev–Trinajstić information content (AvgIpc) is 3.21. The summed E-state index contributed by atoms with van der Waals surface area (Å²) in [6.45, 7) is 3.38. The summed E-state index contributed by atoms with van der Waals surface area (Å²) in [4.78, 5) is 0. The van der Waals surface area contributed by atoms with Crippen LogP contribution >= 0.6 is 0 Å². The van der Waals surface area contributed by atoms with E-state index in [9.17, 15) is 26.3 Å². The van der Waals surface area contributed by atoms with Crippen LogP contribution in [0.3, 0.4) is 0 Å². The van der Waals surface area contributed by atoms with Crippen molar-refractivity contribution in [1.29, 1.82) is 0 Å². The molecule has 1 heterocycles. The van der Waals surface area contributed by atoms with Crippen LogP contribution in [0.4, 0.5) is 26.3 Å². The summed E-state index contributed by atoms with van der Waals surface area (Å²) in [7, 11) is 0. The summed E-state index contributed by atoms with van der Waals surface area (Å²) < 4.78 is 86.1. The van der Waals surface area contributed by atoms with Crippen molar-refractivity contribution in [3.63, 3.8) is 0 Å². The predicted molar refractivity (Wildman–Crippen MR) is 79.1 cm³/mol. The van der Waals surface area contributed by atoms with Crippen LogP contribution in [0.25, 0.3) is 0 Å². The third-order valence-electron chi connectivity index (χ3n) is 4.47. The highest BCUT2D eigenvalue weighted by atomic mass is 19.4. The number of halogens is 6. The first-order valence-electron chi connectivity index (χ1n) is 7.43. The monoisotopic (exact) mass is 360 g/mol. The molecule has 7 heteroatoms. The lowest BCUT2D eigenvalue weighted by atomic mass is 9.79. The molecule has 0 amide bonds. The zero-order valence-corrected chi connectivity index (χ0v) is 13.3. The van der Waals surface area contributed by atoms with Gasteiger partial charge in [-0.25, -0.2) is 0 Å². The number of rotatable bonds is 2. The van der Waals surface area contributed by atoms with Gasteiger partial charge in [-0.2, -0.15) is 26.3 Å². The number of hydrogen-bond acceptors (Lipinski definition) is 1. The Balaban J connectivity index is 2.29. The summed E-state index contributed by atoms with van der Waals surface area (Å²) in [6, 6.07) is 10.8. The Morgan fingerprint density at radius 2 is 0.960 bits per heavy atom. The Morgan fingerprint density at radius 3 is 1.20 bits per heavy atom. The molecule has 0 N–H and O–H groups in total. The summed E-state index contributed by atoms with van der Waals surface area (Å²) in [5.74, 6) is 0. The van der Waals surface area contributed by atoms with Gasteiger partial charge in [0.05, 0.1) is 0 Å². The van der Waals surface area contributed by atoms with Crippen molar-refractivity contribution in [3.8, 4) is 0 Å². The lowest BCUT2D eigenvalue weighted by Crippen LogP contribution is -2.51. The van der Waals surface area contributed by atoms with E-state index in [1.54, 1.807) is 13.8 Å². The van der Waals surface area contributed by atoms with Crippen LogP contribution in [0, 0.1) is 13.8 Å². The number of epoxide rings is 1. The lowest BCUT2D eigenvalue weighted by molar-refractivity contribution is -0.293. The molecule has 1 fully saturated rings. The predicted octanol–water partition coefficient (Wildman–Crippen LogP) is 5.44. The lowest BCUT2D eigenvalue weighted by Gasteiger charge is -2.25. The average molecular weight is 360 g/mol. The van der Waals surface area contributed by atoms with Crippen molar-refractivity contribution in [1.82, 2.24) is 0 Å². The largest absolute Gasteiger partial charge is 0.430 e. The van der Waals surface area contributed by atoms with Crippen molar-refractivity contribution < 1.29 is 31.1 Å². The van der Waals surface area contributed by atoms with E-state index in [1.165, 1.54) is 48.5 Å². The normalized spacial score (nSPS) is 18.9. The van der Waals surface area contributed by atoms with Gasteiger partial charge in [0.2, 0.25) is 0 Å². The molecule has 2 aromatic carbocycles. The fourth-order valence-corrected chi connectivity index (χ4v) is 3.15. The third kappa shape index (κ3) is 2.36. The molecule has 0 radical (unpaired) electrons. The van der Waals surface area contributed by atoms with E-state index in [2.05, 4.69) is 4.74 Å². The maximum Gasteiger partial charge on any atom is 0.430 e. The van der Waals surface area contributed by atoms with Crippen molar-refractivity contribution in [2.75, 3.05) is 0 Å². The molecule has 134 valence electrons. The number of benzene rings is 2. The summed E-state index contributed by atoms with van der Waals surface area (Å²) in [6.07, 6.45) is -11.2. The zero-order chi connectivity index (χ0) is 18.7. The molecule has 0 unspecified atom stereocenters. The van der Waals surface area contributed by atoms with Gasteiger partial charge in [0.25, 0.3) is 5.60 Å². The molecule has 1 nitrogen and oxygen atoms in total. The number of aryl methyl sites for hydroxylation is 2. The molecule has 25 heavy (non-hydrogen) atoms. The molecule has 1 aliphatic heterocycles. The van der Waals surface area contributed by atoms with Crippen molar-refractivity contribution in [3.05, 3.63) is 70.8 Å². The van der Waals surface area contributed by atoms with Gasteiger partial charge in [0.1, 0.15) is 0 Å². The highest BCUT2D eigenvalue weighted by molar-refractivity contribution is 5.50. The Kier molecular flexibility index (Phi) is 3.73. The van der Waals surface area contributed by atoms with Crippen LogP contribution in [-0.4, -0.2) is 18.0 Å². The fraction of sp³-hybridized carbons (Fsp3) is 0.333. The minimum atomic E-state index is -5.62. The van der Waals surface area contributed by atoms with Crippen LogP contribution in [-0.2, 0) is 10.3 Å². The minimum Gasteiger partial charge on any atom is -0.335 e.